The summed E-state index contributed by atoms with van der Waals surface area (Å²) in [6, 6.07) is 8.04. The number of rotatable bonds is 2. The minimum atomic E-state index is -1.14. The average molecular weight is 268 g/mol. The van der Waals surface area contributed by atoms with E-state index in [1.165, 1.54) is 23.2 Å². The number of para-hydroxylation sites is 1. The number of carboxylic acid groups (broad SMARTS) is 1. The lowest BCUT2D eigenvalue weighted by atomic mass is 9.84. The third-order valence-electron chi connectivity index (χ3n) is 4.17. The Morgan fingerprint density at radius 2 is 2.30 bits per heavy atom. The van der Waals surface area contributed by atoms with Gasteiger partial charge in [0.05, 0.1) is 0 Å². The van der Waals surface area contributed by atoms with E-state index in [1.807, 2.05) is 6.07 Å². The largest absolute Gasteiger partial charge is 0.477 e. The van der Waals surface area contributed by atoms with Gasteiger partial charge in [0.25, 0.3) is 0 Å². The van der Waals surface area contributed by atoms with Crippen LogP contribution in [0.2, 0.25) is 0 Å². The van der Waals surface area contributed by atoms with Crippen LogP contribution in [0.5, 0.6) is 0 Å². The van der Waals surface area contributed by atoms with Crippen molar-refractivity contribution in [3.8, 4) is 6.07 Å². The number of carbonyl (C=O) groups is 1. The third-order valence-corrected chi connectivity index (χ3v) is 4.17. The Hall–Kier alpha value is -2.28. The maximum Gasteiger partial charge on any atom is 0.346 e. The second-order valence-electron chi connectivity index (χ2n) is 5.34. The number of aryl methyl sites for hydroxylation is 1. The number of nitriles is 1. The highest BCUT2D eigenvalue weighted by Gasteiger charge is 2.28. The van der Waals surface area contributed by atoms with Crippen LogP contribution in [0, 0.1) is 11.3 Å². The summed E-state index contributed by atoms with van der Waals surface area (Å²) in [6.45, 7) is 2.01. The van der Waals surface area contributed by atoms with Crippen molar-refractivity contribution in [2.75, 3.05) is 18.0 Å². The first kappa shape index (κ1) is 12.7. The Morgan fingerprint density at radius 3 is 3.05 bits per heavy atom. The minimum absolute atomic E-state index is 0.0325. The van der Waals surface area contributed by atoms with Crippen LogP contribution in [0.25, 0.3) is 0 Å². The average Bonchev–Trinajstić information content (AvgIpc) is 2.47. The number of aliphatic carboxylic acids is 1. The quantitative estimate of drug-likeness (QED) is 0.661. The van der Waals surface area contributed by atoms with Crippen molar-refractivity contribution in [3.05, 3.63) is 41.0 Å². The number of hydrogen-bond donors (Lipinski definition) is 1. The van der Waals surface area contributed by atoms with Crippen LogP contribution in [0.3, 0.4) is 0 Å². The zero-order valence-corrected chi connectivity index (χ0v) is 11.2. The molecule has 2 heterocycles. The molecule has 3 rings (SSSR count). The lowest BCUT2D eigenvalue weighted by Gasteiger charge is -2.39. The van der Waals surface area contributed by atoms with E-state index in [9.17, 15) is 4.79 Å². The van der Waals surface area contributed by atoms with Crippen molar-refractivity contribution >= 4 is 11.7 Å². The molecule has 1 N–H and O–H groups in total. The van der Waals surface area contributed by atoms with Crippen molar-refractivity contribution in [1.82, 2.24) is 0 Å². The molecular weight excluding hydrogens is 252 g/mol. The molecule has 4 nitrogen and oxygen atoms in total. The number of carboxylic acids is 1. The van der Waals surface area contributed by atoms with E-state index in [1.54, 1.807) is 12.1 Å². The van der Waals surface area contributed by atoms with Gasteiger partial charge in [-0.15, -0.1) is 0 Å². The third kappa shape index (κ3) is 2.05. The van der Waals surface area contributed by atoms with Gasteiger partial charge in [-0.2, -0.15) is 5.26 Å². The molecule has 1 unspecified atom stereocenters. The molecule has 0 spiro atoms. The SMILES string of the molecule is N#C/C(=C\C1CCN2CCCc3cccc1c32)C(=O)O. The van der Waals surface area contributed by atoms with Crippen molar-refractivity contribution < 1.29 is 9.90 Å². The Labute approximate surface area is 117 Å². The van der Waals surface area contributed by atoms with Crippen LogP contribution in [0.15, 0.2) is 29.8 Å². The van der Waals surface area contributed by atoms with E-state index < -0.39 is 5.97 Å². The Kier molecular flexibility index (Phi) is 3.19. The first-order valence-electron chi connectivity index (χ1n) is 6.92. The summed E-state index contributed by atoms with van der Waals surface area (Å²) in [5, 5.41) is 17.9. The smallest absolute Gasteiger partial charge is 0.346 e. The second-order valence-corrected chi connectivity index (χ2v) is 5.34. The Balaban J connectivity index is 2.05. The summed E-state index contributed by atoms with van der Waals surface area (Å²) >= 11 is 0. The van der Waals surface area contributed by atoms with Crippen LogP contribution in [-0.2, 0) is 11.2 Å². The van der Waals surface area contributed by atoms with E-state index in [0.29, 0.717) is 0 Å². The summed E-state index contributed by atoms with van der Waals surface area (Å²) in [5.74, 6) is -1.11. The topological polar surface area (TPSA) is 64.3 Å². The van der Waals surface area contributed by atoms with Gasteiger partial charge in [-0.3, -0.25) is 0 Å². The summed E-state index contributed by atoms with van der Waals surface area (Å²) in [4.78, 5) is 13.4. The minimum Gasteiger partial charge on any atom is -0.477 e. The molecule has 0 saturated carbocycles. The molecule has 1 atom stereocenters. The molecule has 0 aromatic heterocycles. The van der Waals surface area contributed by atoms with E-state index in [2.05, 4.69) is 17.0 Å². The second kappa shape index (κ2) is 5.01. The van der Waals surface area contributed by atoms with Gasteiger partial charge in [0, 0.05) is 24.7 Å². The highest BCUT2D eigenvalue weighted by molar-refractivity contribution is 5.91. The van der Waals surface area contributed by atoms with Gasteiger partial charge in [0.15, 0.2) is 0 Å². The normalized spacial score (nSPS) is 21.1. The fourth-order valence-electron chi connectivity index (χ4n) is 3.27. The van der Waals surface area contributed by atoms with Gasteiger partial charge in [0.2, 0.25) is 0 Å². The van der Waals surface area contributed by atoms with Gasteiger partial charge in [0.1, 0.15) is 11.6 Å². The van der Waals surface area contributed by atoms with E-state index in [0.717, 1.165) is 25.9 Å². The fraction of sp³-hybridized carbons (Fsp3) is 0.375. The summed E-state index contributed by atoms with van der Waals surface area (Å²) < 4.78 is 0. The van der Waals surface area contributed by atoms with Gasteiger partial charge in [-0.1, -0.05) is 24.3 Å². The van der Waals surface area contributed by atoms with Gasteiger partial charge < -0.3 is 10.0 Å². The molecule has 20 heavy (non-hydrogen) atoms. The zero-order chi connectivity index (χ0) is 14.1. The molecule has 0 bridgehead atoms. The number of anilines is 1. The number of benzene rings is 1. The molecule has 0 aliphatic carbocycles. The molecule has 2 aliphatic heterocycles. The molecule has 0 amide bonds. The highest BCUT2D eigenvalue weighted by Crippen LogP contribution is 2.41. The van der Waals surface area contributed by atoms with E-state index >= 15 is 0 Å². The van der Waals surface area contributed by atoms with Gasteiger partial charge in [-0.25, -0.2) is 4.79 Å². The summed E-state index contributed by atoms with van der Waals surface area (Å²) in [5.41, 5.74) is 3.63. The summed E-state index contributed by atoms with van der Waals surface area (Å²) in [7, 11) is 0. The Bertz CT molecular complexity index is 628. The molecule has 4 heteroatoms. The van der Waals surface area contributed by atoms with Crippen molar-refractivity contribution in [2.24, 2.45) is 0 Å². The maximum atomic E-state index is 11.0. The predicted molar refractivity (Wildman–Crippen MR) is 75.7 cm³/mol. The fourth-order valence-corrected chi connectivity index (χ4v) is 3.27. The van der Waals surface area contributed by atoms with Gasteiger partial charge in [-0.05, 0) is 30.4 Å². The van der Waals surface area contributed by atoms with Crippen LogP contribution in [0.1, 0.15) is 29.9 Å². The maximum absolute atomic E-state index is 11.0. The van der Waals surface area contributed by atoms with E-state index in [4.69, 9.17) is 10.4 Å². The van der Waals surface area contributed by atoms with Crippen molar-refractivity contribution in [1.29, 1.82) is 5.26 Å². The lowest BCUT2D eigenvalue weighted by Crippen LogP contribution is -2.35. The lowest BCUT2D eigenvalue weighted by molar-refractivity contribution is -0.132. The highest BCUT2D eigenvalue weighted by atomic mass is 16.4. The first-order chi connectivity index (χ1) is 9.70. The summed E-state index contributed by atoms with van der Waals surface area (Å²) in [6.07, 6.45) is 4.74. The molecular formula is C16H16N2O2. The standard InChI is InChI=1S/C16H16N2O2/c17-10-13(16(19)20)9-12-6-8-18-7-2-4-11-3-1-5-14(12)15(11)18/h1,3,5,9,12H,2,4,6-8H2,(H,19,20)/b13-9+. The Morgan fingerprint density at radius 1 is 1.45 bits per heavy atom. The zero-order valence-electron chi connectivity index (χ0n) is 11.2. The van der Waals surface area contributed by atoms with Crippen LogP contribution >= 0.6 is 0 Å². The van der Waals surface area contributed by atoms with E-state index in [-0.39, 0.29) is 11.5 Å². The predicted octanol–water partition coefficient (Wildman–Crippen LogP) is 2.46. The monoisotopic (exact) mass is 268 g/mol. The molecule has 0 saturated heterocycles. The van der Waals surface area contributed by atoms with Crippen molar-refractivity contribution in [3.63, 3.8) is 0 Å². The van der Waals surface area contributed by atoms with Gasteiger partial charge >= 0.3 is 5.97 Å². The number of allylic oxidation sites excluding steroid dienone is 1. The molecule has 0 radical (unpaired) electrons. The molecule has 1 aromatic rings. The molecule has 102 valence electrons. The number of hydrogen-bond acceptors (Lipinski definition) is 3. The van der Waals surface area contributed by atoms with Crippen molar-refractivity contribution in [2.45, 2.75) is 25.2 Å². The van der Waals surface area contributed by atoms with Crippen LogP contribution in [0.4, 0.5) is 5.69 Å². The molecule has 0 fully saturated rings. The molecule has 2 aliphatic rings. The van der Waals surface area contributed by atoms with Crippen LogP contribution in [-0.4, -0.2) is 24.2 Å². The molecule has 1 aromatic carbocycles. The first-order valence-corrected chi connectivity index (χ1v) is 6.92. The van der Waals surface area contributed by atoms with Crippen LogP contribution < -0.4 is 4.90 Å². The number of nitrogens with zero attached hydrogens (tertiary/aromatic N) is 2.